The fourth-order valence-corrected chi connectivity index (χ4v) is 3.63. The van der Waals surface area contributed by atoms with E-state index < -0.39 is 11.6 Å². The number of carbonyl (C=O) groups is 3. The predicted molar refractivity (Wildman–Crippen MR) is 88.2 cm³/mol. The first-order chi connectivity index (χ1) is 11.0. The van der Waals surface area contributed by atoms with Crippen LogP contribution in [-0.4, -0.2) is 47.6 Å². The number of amides is 4. The highest BCUT2D eigenvalue weighted by Gasteiger charge is 2.48. The number of piperidine rings is 1. The van der Waals surface area contributed by atoms with Gasteiger partial charge in [0, 0.05) is 24.4 Å². The van der Waals surface area contributed by atoms with Crippen molar-refractivity contribution in [1.29, 1.82) is 0 Å². The number of urea groups is 1. The van der Waals surface area contributed by atoms with E-state index >= 15 is 0 Å². The molecule has 6 nitrogen and oxygen atoms in total. The molecular weight excluding hydrogens is 314 g/mol. The second-order valence-corrected chi connectivity index (χ2v) is 6.78. The number of carbonyl (C=O) groups excluding carboxylic acids is 3. The first-order valence-corrected chi connectivity index (χ1v) is 8.94. The van der Waals surface area contributed by atoms with E-state index in [1.807, 2.05) is 30.5 Å². The standard InChI is InChI=1S/C16H19N3O3S/c1-23-10-11-3-2-4-12(9-11)13(20)19-7-5-16(6-8-19)14(21)17-15(22)18-16/h2-4,9H,5-8,10H2,1H3,(H2,17,18,21,22). The van der Waals surface area contributed by atoms with Crippen molar-refractivity contribution in [3.8, 4) is 0 Å². The molecule has 0 aliphatic carbocycles. The van der Waals surface area contributed by atoms with Gasteiger partial charge in [0.25, 0.3) is 11.8 Å². The van der Waals surface area contributed by atoms with E-state index in [4.69, 9.17) is 0 Å². The number of benzene rings is 1. The Bertz CT molecular complexity index is 654. The molecule has 0 unspecified atom stereocenters. The Kier molecular flexibility index (Phi) is 4.30. The van der Waals surface area contributed by atoms with E-state index in [0.717, 1.165) is 11.3 Å². The van der Waals surface area contributed by atoms with Crippen LogP contribution < -0.4 is 10.6 Å². The molecule has 2 heterocycles. The second kappa shape index (κ2) is 6.23. The van der Waals surface area contributed by atoms with Gasteiger partial charge in [-0.25, -0.2) is 4.79 Å². The maximum absolute atomic E-state index is 12.6. The van der Waals surface area contributed by atoms with Crippen molar-refractivity contribution in [1.82, 2.24) is 15.5 Å². The van der Waals surface area contributed by atoms with Gasteiger partial charge in [0.15, 0.2) is 0 Å². The van der Waals surface area contributed by atoms with Crippen LogP contribution in [0, 0.1) is 0 Å². The van der Waals surface area contributed by atoms with Gasteiger partial charge in [0.05, 0.1) is 0 Å². The molecule has 1 aromatic carbocycles. The van der Waals surface area contributed by atoms with Gasteiger partial charge < -0.3 is 10.2 Å². The number of hydrogen-bond acceptors (Lipinski definition) is 4. The van der Waals surface area contributed by atoms with Crippen LogP contribution in [0.2, 0.25) is 0 Å². The van der Waals surface area contributed by atoms with Crippen LogP contribution in [0.1, 0.15) is 28.8 Å². The summed E-state index contributed by atoms with van der Waals surface area (Å²) in [7, 11) is 0. The fourth-order valence-electron chi connectivity index (χ4n) is 3.12. The zero-order valence-electron chi connectivity index (χ0n) is 12.9. The highest BCUT2D eigenvalue weighted by Crippen LogP contribution is 2.26. The lowest BCUT2D eigenvalue weighted by molar-refractivity contribution is -0.125. The molecule has 0 saturated carbocycles. The van der Waals surface area contributed by atoms with Crippen molar-refractivity contribution in [3.05, 3.63) is 35.4 Å². The summed E-state index contributed by atoms with van der Waals surface area (Å²) in [6, 6.07) is 7.21. The van der Waals surface area contributed by atoms with Crippen molar-refractivity contribution in [2.45, 2.75) is 24.1 Å². The molecule has 122 valence electrons. The summed E-state index contributed by atoms with van der Waals surface area (Å²) in [5.41, 5.74) is 0.959. The third-order valence-corrected chi connectivity index (χ3v) is 5.03. The SMILES string of the molecule is CSCc1cccc(C(=O)N2CCC3(CC2)NC(=O)NC3=O)c1. The summed E-state index contributed by atoms with van der Waals surface area (Å²) in [6.45, 7) is 0.915. The van der Waals surface area contributed by atoms with Crippen molar-refractivity contribution in [3.63, 3.8) is 0 Å². The molecule has 2 N–H and O–H groups in total. The Morgan fingerprint density at radius 1 is 1.30 bits per heavy atom. The monoisotopic (exact) mass is 333 g/mol. The minimum absolute atomic E-state index is 0.0208. The Labute approximate surface area is 139 Å². The van der Waals surface area contributed by atoms with Crippen LogP contribution in [0.25, 0.3) is 0 Å². The molecule has 1 spiro atoms. The molecule has 7 heteroatoms. The van der Waals surface area contributed by atoms with Gasteiger partial charge in [-0.2, -0.15) is 11.8 Å². The van der Waals surface area contributed by atoms with Crippen molar-refractivity contribution < 1.29 is 14.4 Å². The number of rotatable bonds is 3. The van der Waals surface area contributed by atoms with Gasteiger partial charge in [-0.15, -0.1) is 0 Å². The average Bonchev–Trinajstić information content (AvgIpc) is 2.82. The van der Waals surface area contributed by atoms with E-state index in [9.17, 15) is 14.4 Å². The molecule has 4 amide bonds. The molecule has 0 aromatic heterocycles. The number of imide groups is 1. The molecule has 23 heavy (non-hydrogen) atoms. The Morgan fingerprint density at radius 2 is 2.04 bits per heavy atom. The maximum atomic E-state index is 12.6. The topological polar surface area (TPSA) is 78.5 Å². The second-order valence-electron chi connectivity index (χ2n) is 5.92. The van der Waals surface area contributed by atoms with E-state index in [0.29, 0.717) is 31.5 Å². The highest BCUT2D eigenvalue weighted by molar-refractivity contribution is 7.97. The van der Waals surface area contributed by atoms with Crippen LogP contribution in [0.4, 0.5) is 4.79 Å². The van der Waals surface area contributed by atoms with E-state index in [-0.39, 0.29) is 11.8 Å². The van der Waals surface area contributed by atoms with Crippen molar-refractivity contribution in [2.24, 2.45) is 0 Å². The van der Waals surface area contributed by atoms with Gasteiger partial charge in [-0.3, -0.25) is 14.9 Å². The number of likely N-dealkylation sites (tertiary alicyclic amines) is 1. The Hall–Kier alpha value is -2.02. The first-order valence-electron chi connectivity index (χ1n) is 7.55. The quantitative estimate of drug-likeness (QED) is 0.819. The average molecular weight is 333 g/mol. The van der Waals surface area contributed by atoms with Crippen LogP contribution in [-0.2, 0) is 10.5 Å². The summed E-state index contributed by atoms with van der Waals surface area (Å²) in [5.74, 6) is 0.570. The lowest BCUT2D eigenvalue weighted by Gasteiger charge is -2.37. The molecule has 0 bridgehead atoms. The highest BCUT2D eigenvalue weighted by atomic mass is 32.2. The lowest BCUT2D eigenvalue weighted by Crippen LogP contribution is -2.55. The summed E-state index contributed by atoms with van der Waals surface area (Å²) in [5, 5.41) is 4.98. The lowest BCUT2D eigenvalue weighted by atomic mass is 9.87. The molecule has 1 aromatic rings. The van der Waals surface area contributed by atoms with Gasteiger partial charge in [0.2, 0.25) is 0 Å². The van der Waals surface area contributed by atoms with Crippen molar-refractivity contribution >= 4 is 29.6 Å². The summed E-state index contributed by atoms with van der Waals surface area (Å²) >= 11 is 1.71. The summed E-state index contributed by atoms with van der Waals surface area (Å²) in [4.78, 5) is 37.6. The molecular formula is C16H19N3O3S. The molecule has 2 aliphatic heterocycles. The minimum Gasteiger partial charge on any atom is -0.338 e. The van der Waals surface area contributed by atoms with Gasteiger partial charge in [0.1, 0.15) is 5.54 Å². The van der Waals surface area contributed by atoms with Crippen LogP contribution >= 0.6 is 11.8 Å². The largest absolute Gasteiger partial charge is 0.338 e. The molecule has 2 fully saturated rings. The zero-order valence-corrected chi connectivity index (χ0v) is 13.7. The fraction of sp³-hybridized carbons (Fsp3) is 0.438. The summed E-state index contributed by atoms with van der Waals surface area (Å²) < 4.78 is 0. The first kappa shape index (κ1) is 15.9. The van der Waals surface area contributed by atoms with Crippen LogP contribution in [0.15, 0.2) is 24.3 Å². The molecule has 3 rings (SSSR count). The molecule has 0 radical (unpaired) electrons. The number of nitrogens with zero attached hydrogens (tertiary/aromatic N) is 1. The third kappa shape index (κ3) is 3.06. The third-order valence-electron chi connectivity index (χ3n) is 4.40. The van der Waals surface area contributed by atoms with Gasteiger partial charge in [-0.1, -0.05) is 12.1 Å². The molecule has 0 atom stereocenters. The van der Waals surface area contributed by atoms with Crippen LogP contribution in [0.5, 0.6) is 0 Å². The molecule has 2 aliphatic rings. The summed E-state index contributed by atoms with van der Waals surface area (Å²) in [6.07, 6.45) is 2.92. The number of nitrogens with one attached hydrogen (secondary N) is 2. The van der Waals surface area contributed by atoms with Gasteiger partial charge >= 0.3 is 6.03 Å². The normalized spacial score (nSPS) is 19.6. The van der Waals surface area contributed by atoms with Crippen LogP contribution in [0.3, 0.4) is 0 Å². The predicted octanol–water partition coefficient (Wildman–Crippen LogP) is 1.36. The molecule has 2 saturated heterocycles. The smallest absolute Gasteiger partial charge is 0.322 e. The van der Waals surface area contributed by atoms with E-state index in [1.54, 1.807) is 16.7 Å². The minimum atomic E-state index is -0.839. The van der Waals surface area contributed by atoms with E-state index in [1.165, 1.54) is 0 Å². The van der Waals surface area contributed by atoms with Gasteiger partial charge in [-0.05, 0) is 36.8 Å². The zero-order chi connectivity index (χ0) is 16.4. The van der Waals surface area contributed by atoms with Crippen molar-refractivity contribution in [2.75, 3.05) is 19.3 Å². The van der Waals surface area contributed by atoms with E-state index in [2.05, 4.69) is 10.6 Å². The Morgan fingerprint density at radius 3 is 2.65 bits per heavy atom. The Balaban J connectivity index is 1.68. The number of thioether (sulfide) groups is 1. The maximum Gasteiger partial charge on any atom is 0.322 e. The number of hydrogen-bond donors (Lipinski definition) is 2.